The minimum absolute atomic E-state index is 0.575. The largest absolute Gasteiger partial charge is 0.399 e. The minimum atomic E-state index is 0.575. The number of aromatic nitrogens is 3. The monoisotopic (exact) mass is 368 g/mol. The van der Waals surface area contributed by atoms with E-state index in [2.05, 4.69) is 9.97 Å². The summed E-state index contributed by atoms with van der Waals surface area (Å²) >= 11 is 12.8. The zero-order valence-corrected chi connectivity index (χ0v) is 14.9. The topological polar surface area (TPSA) is 56.7 Å². The molecule has 0 aliphatic carbocycles. The Hall–Kier alpha value is -2.56. The Morgan fingerprint density at radius 1 is 0.920 bits per heavy atom. The molecule has 0 bridgehead atoms. The van der Waals surface area contributed by atoms with Crippen molar-refractivity contribution in [2.75, 3.05) is 5.73 Å². The van der Waals surface area contributed by atoms with Crippen LogP contribution in [0.15, 0.2) is 54.9 Å². The van der Waals surface area contributed by atoms with Crippen LogP contribution in [-0.4, -0.2) is 14.5 Å². The molecule has 4 rings (SSSR count). The van der Waals surface area contributed by atoms with Crippen LogP contribution in [0.3, 0.4) is 0 Å². The van der Waals surface area contributed by atoms with E-state index in [4.69, 9.17) is 28.9 Å². The zero-order chi connectivity index (χ0) is 17.6. The number of hydrogen-bond donors (Lipinski definition) is 1. The van der Waals surface area contributed by atoms with E-state index in [0.717, 1.165) is 33.5 Å². The van der Waals surface area contributed by atoms with Gasteiger partial charge in [0.2, 0.25) is 0 Å². The average molecular weight is 369 g/mol. The van der Waals surface area contributed by atoms with Gasteiger partial charge in [0, 0.05) is 22.0 Å². The third-order valence-corrected chi connectivity index (χ3v) is 4.78. The molecule has 0 fully saturated rings. The Morgan fingerprint density at radius 3 is 2.28 bits per heavy atom. The van der Waals surface area contributed by atoms with Crippen LogP contribution in [0.25, 0.3) is 27.8 Å². The second-order valence-electron chi connectivity index (χ2n) is 5.76. The molecule has 0 atom stereocenters. The van der Waals surface area contributed by atoms with Crippen molar-refractivity contribution in [1.29, 1.82) is 0 Å². The van der Waals surface area contributed by atoms with Gasteiger partial charge in [0.1, 0.15) is 17.1 Å². The Bertz CT molecular complexity index is 1070. The summed E-state index contributed by atoms with van der Waals surface area (Å²) in [6, 6.07) is 15.1. The highest BCUT2D eigenvalue weighted by atomic mass is 35.5. The van der Waals surface area contributed by atoms with Gasteiger partial charge in [-0.2, -0.15) is 0 Å². The Balaban J connectivity index is 2.08. The predicted octanol–water partition coefficient (Wildman–Crippen LogP) is 5.28. The lowest BCUT2D eigenvalue weighted by Gasteiger charge is -2.07. The van der Waals surface area contributed by atoms with Crippen molar-refractivity contribution >= 4 is 39.9 Å². The highest BCUT2D eigenvalue weighted by Crippen LogP contribution is 2.40. The lowest BCUT2D eigenvalue weighted by Crippen LogP contribution is -1.97. The minimum Gasteiger partial charge on any atom is -0.399 e. The molecular weight excluding hydrogens is 355 g/mol. The fourth-order valence-electron chi connectivity index (χ4n) is 2.97. The van der Waals surface area contributed by atoms with Crippen LogP contribution in [0, 0.1) is 6.92 Å². The number of aryl methyl sites for hydroxylation is 1. The fraction of sp³-hybridized carbons (Fsp3) is 0.0526. The first-order valence-corrected chi connectivity index (χ1v) is 8.45. The van der Waals surface area contributed by atoms with Crippen LogP contribution in [-0.2, 0) is 0 Å². The summed E-state index contributed by atoms with van der Waals surface area (Å²) in [4.78, 5) is 8.82. The van der Waals surface area contributed by atoms with Gasteiger partial charge in [-0.05, 0) is 48.9 Å². The van der Waals surface area contributed by atoms with Gasteiger partial charge in [-0.1, -0.05) is 35.3 Å². The van der Waals surface area contributed by atoms with Gasteiger partial charge in [-0.15, -0.1) is 0 Å². The van der Waals surface area contributed by atoms with E-state index < -0.39 is 0 Å². The van der Waals surface area contributed by atoms with Crippen molar-refractivity contribution in [3.63, 3.8) is 0 Å². The van der Waals surface area contributed by atoms with E-state index in [-0.39, 0.29) is 0 Å². The van der Waals surface area contributed by atoms with Crippen molar-refractivity contribution in [3.8, 4) is 16.8 Å². The summed E-state index contributed by atoms with van der Waals surface area (Å²) < 4.78 is 1.91. The summed E-state index contributed by atoms with van der Waals surface area (Å²) in [6.07, 6.45) is 1.55. The molecule has 124 valence electrons. The summed E-state index contributed by atoms with van der Waals surface area (Å²) in [7, 11) is 0. The number of rotatable bonds is 2. The maximum atomic E-state index is 6.80. The van der Waals surface area contributed by atoms with Crippen LogP contribution in [0.1, 0.15) is 5.69 Å². The van der Waals surface area contributed by atoms with Gasteiger partial charge in [-0.25, -0.2) is 9.97 Å². The van der Waals surface area contributed by atoms with E-state index in [1.165, 1.54) is 0 Å². The molecule has 0 aliphatic heterocycles. The van der Waals surface area contributed by atoms with Gasteiger partial charge in [0.25, 0.3) is 0 Å². The lowest BCUT2D eigenvalue weighted by molar-refractivity contribution is 1.06. The molecule has 4 aromatic rings. The maximum absolute atomic E-state index is 6.80. The maximum Gasteiger partial charge on any atom is 0.149 e. The SMILES string of the molecule is Cc1ncnc2c1c(-c1ccc(Cl)cc1)c(Cl)n2-c1ccc(N)cc1. The molecule has 2 aromatic carbocycles. The zero-order valence-electron chi connectivity index (χ0n) is 13.4. The number of nitrogen functional groups attached to an aromatic ring is 1. The van der Waals surface area contributed by atoms with Crippen LogP contribution >= 0.6 is 23.2 Å². The van der Waals surface area contributed by atoms with Crippen LogP contribution in [0.5, 0.6) is 0 Å². The van der Waals surface area contributed by atoms with Crippen LogP contribution in [0.4, 0.5) is 5.69 Å². The van der Waals surface area contributed by atoms with Gasteiger partial charge < -0.3 is 5.73 Å². The van der Waals surface area contributed by atoms with Crippen molar-refractivity contribution in [2.45, 2.75) is 6.92 Å². The standard InChI is InChI=1S/C19H14Cl2N4/c1-11-16-17(12-2-4-13(20)5-3-12)18(21)25(19(16)24-10-23-11)15-8-6-14(22)7-9-15/h2-10H,22H2,1H3. The molecule has 0 radical (unpaired) electrons. The molecule has 2 heterocycles. The molecule has 0 saturated carbocycles. The molecule has 0 amide bonds. The number of nitrogens with zero attached hydrogens (tertiary/aromatic N) is 3. The highest BCUT2D eigenvalue weighted by molar-refractivity contribution is 6.35. The van der Waals surface area contributed by atoms with Gasteiger partial charge >= 0.3 is 0 Å². The average Bonchev–Trinajstić information content (AvgIpc) is 2.90. The number of halogens is 2. The summed E-state index contributed by atoms with van der Waals surface area (Å²) in [6.45, 7) is 1.95. The molecule has 25 heavy (non-hydrogen) atoms. The van der Waals surface area contributed by atoms with E-state index in [0.29, 0.717) is 15.9 Å². The highest BCUT2D eigenvalue weighted by Gasteiger charge is 2.21. The first kappa shape index (κ1) is 15.9. The van der Waals surface area contributed by atoms with E-state index in [9.17, 15) is 0 Å². The van der Waals surface area contributed by atoms with Crippen LogP contribution < -0.4 is 5.73 Å². The third kappa shape index (κ3) is 2.64. The quantitative estimate of drug-likeness (QED) is 0.489. The Labute approximate surface area is 154 Å². The molecule has 0 unspecified atom stereocenters. The first-order valence-electron chi connectivity index (χ1n) is 7.69. The number of hydrogen-bond acceptors (Lipinski definition) is 3. The van der Waals surface area contributed by atoms with E-state index in [1.807, 2.05) is 60.0 Å². The van der Waals surface area contributed by atoms with Crippen molar-refractivity contribution in [2.24, 2.45) is 0 Å². The number of nitrogens with two attached hydrogens (primary N) is 1. The van der Waals surface area contributed by atoms with E-state index >= 15 is 0 Å². The Kier molecular flexibility index (Phi) is 3.86. The summed E-state index contributed by atoms with van der Waals surface area (Å²) in [5.74, 6) is 0. The van der Waals surface area contributed by atoms with Gasteiger partial charge in [-0.3, -0.25) is 4.57 Å². The molecule has 6 heteroatoms. The molecule has 0 spiro atoms. The second kappa shape index (κ2) is 6.06. The summed E-state index contributed by atoms with van der Waals surface area (Å²) in [5, 5.41) is 2.17. The number of benzene rings is 2. The second-order valence-corrected chi connectivity index (χ2v) is 6.55. The molecular formula is C19H14Cl2N4. The lowest BCUT2D eigenvalue weighted by atomic mass is 10.1. The van der Waals surface area contributed by atoms with Crippen LogP contribution in [0.2, 0.25) is 10.2 Å². The van der Waals surface area contributed by atoms with Crippen molar-refractivity contribution in [1.82, 2.24) is 14.5 Å². The molecule has 2 aromatic heterocycles. The molecule has 2 N–H and O–H groups in total. The van der Waals surface area contributed by atoms with Crippen molar-refractivity contribution in [3.05, 3.63) is 70.7 Å². The summed E-state index contributed by atoms with van der Waals surface area (Å²) in [5.41, 5.74) is 10.9. The first-order chi connectivity index (χ1) is 12.1. The predicted molar refractivity (Wildman–Crippen MR) is 103 cm³/mol. The molecule has 0 saturated heterocycles. The third-order valence-electron chi connectivity index (χ3n) is 4.17. The van der Waals surface area contributed by atoms with E-state index in [1.54, 1.807) is 6.33 Å². The Morgan fingerprint density at radius 2 is 1.60 bits per heavy atom. The normalized spacial score (nSPS) is 11.2. The smallest absolute Gasteiger partial charge is 0.149 e. The molecule has 0 aliphatic rings. The number of anilines is 1. The van der Waals surface area contributed by atoms with Gasteiger partial charge in [0.15, 0.2) is 0 Å². The van der Waals surface area contributed by atoms with Crippen molar-refractivity contribution < 1.29 is 0 Å². The van der Waals surface area contributed by atoms with Gasteiger partial charge in [0.05, 0.1) is 11.1 Å². The molecule has 4 nitrogen and oxygen atoms in total. The fourth-order valence-corrected chi connectivity index (χ4v) is 3.48. The number of fused-ring (bicyclic) bond motifs is 1.